The summed E-state index contributed by atoms with van der Waals surface area (Å²) in [6.45, 7) is 1.32. The smallest absolute Gasteiger partial charge is 0.225 e. The molecule has 1 amide bonds. The average Bonchev–Trinajstić information content (AvgIpc) is 2.65. The van der Waals surface area contributed by atoms with Gasteiger partial charge >= 0.3 is 0 Å². The molecule has 78 valence electrons. The van der Waals surface area contributed by atoms with Gasteiger partial charge in [-0.05, 0) is 6.42 Å². The van der Waals surface area contributed by atoms with Crippen molar-refractivity contribution in [2.45, 2.75) is 12.8 Å². The highest BCUT2D eigenvalue weighted by molar-refractivity contribution is 5.77. The molecule has 5 nitrogen and oxygen atoms in total. The summed E-state index contributed by atoms with van der Waals surface area (Å²) in [5, 5.41) is 2.79. The second kappa shape index (κ2) is 6.15. The third-order valence-corrected chi connectivity index (χ3v) is 1.75. The average molecular weight is 197 g/mol. The summed E-state index contributed by atoms with van der Waals surface area (Å²) in [5.41, 5.74) is 0.828. The predicted octanol–water partition coefficient (Wildman–Crippen LogP) is 0.105. The Morgan fingerprint density at radius 3 is 3.21 bits per heavy atom. The van der Waals surface area contributed by atoms with Gasteiger partial charge in [0.25, 0.3) is 0 Å². The Labute approximate surface area is 82.9 Å². The van der Waals surface area contributed by atoms with Crippen LogP contribution >= 0.6 is 0 Å². The topological polar surface area (TPSA) is 67.0 Å². The maximum Gasteiger partial charge on any atom is 0.225 e. The molecule has 0 saturated carbocycles. The molecule has 0 fully saturated rings. The van der Waals surface area contributed by atoms with E-state index in [0.29, 0.717) is 19.6 Å². The van der Waals surface area contributed by atoms with Crippen molar-refractivity contribution < 1.29 is 9.53 Å². The van der Waals surface area contributed by atoms with Gasteiger partial charge in [0.1, 0.15) is 0 Å². The normalized spacial score (nSPS) is 10.1. The van der Waals surface area contributed by atoms with Crippen LogP contribution in [0.5, 0.6) is 0 Å². The molecule has 1 heterocycles. The molecular formula is C9H15N3O2. The summed E-state index contributed by atoms with van der Waals surface area (Å²) in [5.74, 6) is 0.00496. The number of hydrogen-bond donors (Lipinski definition) is 2. The molecule has 0 radical (unpaired) electrons. The molecule has 0 aliphatic heterocycles. The molecular weight excluding hydrogens is 182 g/mol. The van der Waals surface area contributed by atoms with Crippen LogP contribution in [0.25, 0.3) is 0 Å². The number of ether oxygens (including phenoxy) is 1. The third-order valence-electron chi connectivity index (χ3n) is 1.75. The van der Waals surface area contributed by atoms with Crippen molar-refractivity contribution in [3.05, 3.63) is 18.2 Å². The Bertz CT molecular complexity index is 259. The van der Waals surface area contributed by atoms with E-state index in [1.165, 1.54) is 0 Å². The molecule has 2 N–H and O–H groups in total. The first-order valence-electron chi connectivity index (χ1n) is 4.56. The van der Waals surface area contributed by atoms with Gasteiger partial charge in [-0.1, -0.05) is 0 Å². The lowest BCUT2D eigenvalue weighted by Gasteiger charge is -2.03. The minimum Gasteiger partial charge on any atom is -0.385 e. The zero-order valence-corrected chi connectivity index (χ0v) is 8.25. The summed E-state index contributed by atoms with van der Waals surface area (Å²) in [7, 11) is 1.65. The fourth-order valence-electron chi connectivity index (χ4n) is 1.06. The number of carbonyl (C=O) groups excluding carboxylic acids is 1. The Balaban J connectivity index is 2.11. The van der Waals surface area contributed by atoms with Crippen LogP contribution in [-0.2, 0) is 16.0 Å². The Hall–Kier alpha value is -1.36. The van der Waals surface area contributed by atoms with E-state index in [9.17, 15) is 4.79 Å². The summed E-state index contributed by atoms with van der Waals surface area (Å²) >= 11 is 0. The number of carbonyl (C=O) groups is 1. The second-order valence-electron chi connectivity index (χ2n) is 2.95. The second-order valence-corrected chi connectivity index (χ2v) is 2.95. The van der Waals surface area contributed by atoms with Gasteiger partial charge in [0.2, 0.25) is 5.91 Å². The first-order chi connectivity index (χ1) is 6.83. The minimum absolute atomic E-state index is 0.00496. The van der Waals surface area contributed by atoms with Gasteiger partial charge in [-0.3, -0.25) is 4.79 Å². The van der Waals surface area contributed by atoms with E-state index in [4.69, 9.17) is 4.74 Å². The van der Waals surface area contributed by atoms with Crippen molar-refractivity contribution in [2.75, 3.05) is 20.3 Å². The molecule has 0 aliphatic carbocycles. The highest BCUT2D eigenvalue weighted by Gasteiger charge is 2.02. The maximum absolute atomic E-state index is 11.3. The molecule has 1 aromatic heterocycles. The third kappa shape index (κ3) is 4.04. The van der Waals surface area contributed by atoms with Gasteiger partial charge in [0.05, 0.1) is 12.7 Å². The largest absolute Gasteiger partial charge is 0.385 e. The summed E-state index contributed by atoms with van der Waals surface area (Å²) in [6.07, 6.45) is 4.40. The number of rotatable bonds is 6. The van der Waals surface area contributed by atoms with Crippen LogP contribution in [0.1, 0.15) is 12.1 Å². The van der Waals surface area contributed by atoms with Crippen molar-refractivity contribution in [3.63, 3.8) is 0 Å². The van der Waals surface area contributed by atoms with Gasteiger partial charge < -0.3 is 15.0 Å². The zero-order chi connectivity index (χ0) is 10.2. The van der Waals surface area contributed by atoms with Gasteiger partial charge in [-0.2, -0.15) is 0 Å². The van der Waals surface area contributed by atoms with E-state index in [1.807, 2.05) is 0 Å². The highest BCUT2D eigenvalue weighted by Crippen LogP contribution is 1.91. The Kier molecular flexibility index (Phi) is 4.71. The fraction of sp³-hybridized carbons (Fsp3) is 0.556. The van der Waals surface area contributed by atoms with Crippen LogP contribution in [0.3, 0.4) is 0 Å². The first-order valence-corrected chi connectivity index (χ1v) is 4.56. The number of nitrogens with one attached hydrogen (secondary N) is 2. The minimum atomic E-state index is 0.00496. The van der Waals surface area contributed by atoms with Crippen molar-refractivity contribution in [2.24, 2.45) is 0 Å². The zero-order valence-electron chi connectivity index (χ0n) is 8.25. The van der Waals surface area contributed by atoms with E-state index in [0.717, 1.165) is 12.1 Å². The molecule has 0 aliphatic rings. The van der Waals surface area contributed by atoms with E-state index in [-0.39, 0.29) is 5.91 Å². The standard InChI is InChI=1S/C9H15N3O2/c1-14-4-2-3-11-9(13)5-8-6-10-7-12-8/h6-7H,2-5H2,1H3,(H,10,12)(H,11,13). The molecule has 1 rings (SSSR count). The predicted molar refractivity (Wildman–Crippen MR) is 51.8 cm³/mol. The molecule has 0 spiro atoms. The Morgan fingerprint density at radius 1 is 1.71 bits per heavy atom. The first kappa shape index (κ1) is 10.7. The molecule has 0 aromatic carbocycles. The number of hydrogen-bond acceptors (Lipinski definition) is 3. The molecule has 14 heavy (non-hydrogen) atoms. The van der Waals surface area contributed by atoms with Crippen LogP contribution in [0.4, 0.5) is 0 Å². The van der Waals surface area contributed by atoms with Crippen LogP contribution in [0, 0.1) is 0 Å². The lowest BCUT2D eigenvalue weighted by molar-refractivity contribution is -0.120. The molecule has 0 atom stereocenters. The fourth-order valence-corrected chi connectivity index (χ4v) is 1.06. The number of methoxy groups -OCH3 is 1. The van der Waals surface area contributed by atoms with Gasteiger partial charge in [0.15, 0.2) is 0 Å². The van der Waals surface area contributed by atoms with Crippen LogP contribution in [0.2, 0.25) is 0 Å². The molecule has 5 heteroatoms. The summed E-state index contributed by atoms with van der Waals surface area (Å²) in [6, 6.07) is 0. The van der Waals surface area contributed by atoms with Gasteiger partial charge in [-0.25, -0.2) is 4.98 Å². The van der Waals surface area contributed by atoms with Crippen molar-refractivity contribution in [1.29, 1.82) is 0 Å². The van der Waals surface area contributed by atoms with E-state index < -0.39 is 0 Å². The number of imidazole rings is 1. The highest BCUT2D eigenvalue weighted by atomic mass is 16.5. The molecule has 0 unspecified atom stereocenters. The lowest BCUT2D eigenvalue weighted by Crippen LogP contribution is -2.26. The van der Waals surface area contributed by atoms with Crippen molar-refractivity contribution >= 4 is 5.91 Å². The SMILES string of the molecule is COCCCNC(=O)Cc1cnc[nH]1. The van der Waals surface area contributed by atoms with Gasteiger partial charge in [-0.15, -0.1) is 0 Å². The number of H-pyrrole nitrogens is 1. The van der Waals surface area contributed by atoms with Crippen molar-refractivity contribution in [1.82, 2.24) is 15.3 Å². The lowest BCUT2D eigenvalue weighted by atomic mass is 10.3. The number of amides is 1. The van der Waals surface area contributed by atoms with E-state index in [2.05, 4.69) is 15.3 Å². The number of aromatic amines is 1. The molecule has 1 aromatic rings. The van der Waals surface area contributed by atoms with Crippen LogP contribution < -0.4 is 5.32 Å². The quantitative estimate of drug-likeness (QED) is 0.636. The summed E-state index contributed by atoms with van der Waals surface area (Å²) < 4.78 is 4.86. The monoisotopic (exact) mass is 197 g/mol. The number of aromatic nitrogens is 2. The number of nitrogens with zero attached hydrogens (tertiary/aromatic N) is 1. The molecule has 0 bridgehead atoms. The summed E-state index contributed by atoms with van der Waals surface area (Å²) in [4.78, 5) is 18.0. The van der Waals surface area contributed by atoms with Crippen LogP contribution in [0.15, 0.2) is 12.5 Å². The van der Waals surface area contributed by atoms with Gasteiger partial charge in [0, 0.05) is 32.2 Å². The van der Waals surface area contributed by atoms with Crippen molar-refractivity contribution in [3.8, 4) is 0 Å². The van der Waals surface area contributed by atoms with E-state index >= 15 is 0 Å². The van der Waals surface area contributed by atoms with Crippen LogP contribution in [-0.4, -0.2) is 36.1 Å². The Morgan fingerprint density at radius 2 is 2.57 bits per heavy atom. The van der Waals surface area contributed by atoms with E-state index in [1.54, 1.807) is 19.6 Å². The molecule has 0 saturated heterocycles. The maximum atomic E-state index is 11.3.